The molecule has 1 aromatic rings. The van der Waals surface area contributed by atoms with Gasteiger partial charge in [-0.25, -0.2) is 13.8 Å². The number of aromatic nitrogens is 1. The van der Waals surface area contributed by atoms with Gasteiger partial charge in [-0.3, -0.25) is 14.9 Å². The maximum atomic E-state index is 13.8. The Morgan fingerprint density at radius 3 is 2.74 bits per heavy atom. The molecular formula is C11H12F2N4O2. The van der Waals surface area contributed by atoms with Crippen LogP contribution in [0.4, 0.5) is 20.4 Å². The van der Waals surface area contributed by atoms with E-state index in [1.165, 1.54) is 18.9 Å². The van der Waals surface area contributed by atoms with Crippen molar-refractivity contribution in [1.82, 2.24) is 10.3 Å². The normalized spacial score (nSPS) is 19.4. The number of amides is 2. The van der Waals surface area contributed by atoms with Gasteiger partial charge in [-0.05, 0) is 6.92 Å². The van der Waals surface area contributed by atoms with E-state index < -0.39 is 29.5 Å². The second-order valence-corrected chi connectivity index (χ2v) is 4.09. The van der Waals surface area contributed by atoms with Crippen molar-refractivity contribution in [3.63, 3.8) is 0 Å². The van der Waals surface area contributed by atoms with Crippen LogP contribution in [0.2, 0.25) is 0 Å². The molecule has 19 heavy (non-hydrogen) atoms. The third kappa shape index (κ3) is 2.33. The van der Waals surface area contributed by atoms with Crippen molar-refractivity contribution < 1.29 is 18.4 Å². The highest BCUT2D eigenvalue weighted by Crippen LogP contribution is 2.24. The Morgan fingerprint density at radius 2 is 2.11 bits per heavy atom. The topological polar surface area (TPSA) is 74.3 Å². The Kier molecular flexibility index (Phi) is 3.32. The quantitative estimate of drug-likeness (QED) is 0.754. The first-order valence-corrected chi connectivity index (χ1v) is 5.58. The minimum absolute atomic E-state index is 0.151. The van der Waals surface area contributed by atoms with E-state index in [2.05, 4.69) is 15.6 Å². The van der Waals surface area contributed by atoms with Crippen LogP contribution in [0.1, 0.15) is 6.92 Å². The Morgan fingerprint density at radius 1 is 1.42 bits per heavy atom. The largest absolute Gasteiger partial charge is 0.371 e. The molecule has 1 aromatic heterocycles. The van der Waals surface area contributed by atoms with Gasteiger partial charge in [-0.2, -0.15) is 0 Å². The maximum Gasteiger partial charge on any atom is 0.249 e. The van der Waals surface area contributed by atoms with Crippen molar-refractivity contribution in [3.8, 4) is 0 Å². The molecule has 2 amide bonds. The molecule has 2 N–H and O–H groups in total. The molecule has 0 saturated carbocycles. The summed E-state index contributed by atoms with van der Waals surface area (Å²) < 4.78 is 27.1. The van der Waals surface area contributed by atoms with E-state index in [-0.39, 0.29) is 18.2 Å². The monoisotopic (exact) mass is 270 g/mol. The van der Waals surface area contributed by atoms with Crippen molar-refractivity contribution in [2.75, 3.05) is 23.8 Å². The lowest BCUT2D eigenvalue weighted by molar-refractivity contribution is -0.132. The molecule has 1 aliphatic rings. The fraction of sp³-hybridized carbons (Fsp3) is 0.364. The van der Waals surface area contributed by atoms with Gasteiger partial charge in [-0.1, -0.05) is 0 Å². The number of carbonyl (C=O) groups is 2. The molecule has 102 valence electrons. The van der Waals surface area contributed by atoms with E-state index >= 15 is 0 Å². The minimum Gasteiger partial charge on any atom is -0.371 e. The summed E-state index contributed by atoms with van der Waals surface area (Å²) in [5, 5.41) is 4.60. The molecule has 0 aromatic carbocycles. The van der Waals surface area contributed by atoms with Crippen LogP contribution in [0.15, 0.2) is 6.07 Å². The zero-order valence-electron chi connectivity index (χ0n) is 10.3. The van der Waals surface area contributed by atoms with Crippen molar-refractivity contribution in [2.24, 2.45) is 0 Å². The van der Waals surface area contributed by atoms with Gasteiger partial charge in [0.1, 0.15) is 6.04 Å². The van der Waals surface area contributed by atoms with E-state index in [1.807, 2.05) is 0 Å². The SMILES string of the molecule is CNc1nc(N2CC(=O)NC(=O)C2C)c(F)cc1F. The molecule has 2 heterocycles. The van der Waals surface area contributed by atoms with Crippen molar-refractivity contribution in [2.45, 2.75) is 13.0 Å². The predicted octanol–water partition coefficient (Wildman–Crippen LogP) is 0.253. The van der Waals surface area contributed by atoms with Crippen LogP contribution in [0, 0.1) is 11.6 Å². The summed E-state index contributed by atoms with van der Waals surface area (Å²) in [5.74, 6) is -3.26. The number of hydrogen-bond donors (Lipinski definition) is 2. The first-order chi connectivity index (χ1) is 8.93. The van der Waals surface area contributed by atoms with Gasteiger partial charge in [0, 0.05) is 13.1 Å². The van der Waals surface area contributed by atoms with E-state index in [1.54, 1.807) is 0 Å². The average molecular weight is 270 g/mol. The van der Waals surface area contributed by atoms with E-state index in [4.69, 9.17) is 0 Å². The Bertz CT molecular complexity index is 550. The van der Waals surface area contributed by atoms with Crippen LogP contribution in [0.25, 0.3) is 0 Å². The fourth-order valence-corrected chi connectivity index (χ4v) is 1.81. The number of nitrogens with one attached hydrogen (secondary N) is 2. The lowest BCUT2D eigenvalue weighted by Crippen LogP contribution is -2.57. The molecular weight excluding hydrogens is 258 g/mol. The van der Waals surface area contributed by atoms with Crippen LogP contribution in [0.5, 0.6) is 0 Å². The summed E-state index contributed by atoms with van der Waals surface area (Å²) in [6, 6.07) is -0.104. The predicted molar refractivity (Wildman–Crippen MR) is 63.7 cm³/mol. The number of anilines is 2. The number of nitrogens with zero attached hydrogens (tertiary/aromatic N) is 2. The number of piperazine rings is 1. The lowest BCUT2D eigenvalue weighted by atomic mass is 10.2. The second-order valence-electron chi connectivity index (χ2n) is 4.09. The van der Waals surface area contributed by atoms with Gasteiger partial charge in [-0.15, -0.1) is 0 Å². The summed E-state index contributed by atoms with van der Waals surface area (Å²) in [7, 11) is 1.44. The molecule has 1 fully saturated rings. The summed E-state index contributed by atoms with van der Waals surface area (Å²) in [4.78, 5) is 27.8. The molecule has 0 bridgehead atoms. The van der Waals surface area contributed by atoms with Crippen molar-refractivity contribution in [3.05, 3.63) is 17.7 Å². The Balaban J connectivity index is 2.45. The molecule has 8 heteroatoms. The second kappa shape index (κ2) is 4.79. The Labute approximate surface area is 107 Å². The number of rotatable bonds is 2. The van der Waals surface area contributed by atoms with Crippen LogP contribution in [-0.2, 0) is 9.59 Å². The summed E-state index contributed by atoms with van der Waals surface area (Å²) in [6.07, 6.45) is 0. The van der Waals surface area contributed by atoms with E-state index in [9.17, 15) is 18.4 Å². The molecule has 0 radical (unpaired) electrons. The number of carbonyl (C=O) groups excluding carboxylic acids is 2. The number of imide groups is 1. The zero-order valence-corrected chi connectivity index (χ0v) is 10.3. The molecule has 1 unspecified atom stereocenters. The highest BCUT2D eigenvalue weighted by molar-refractivity contribution is 6.04. The van der Waals surface area contributed by atoms with E-state index in [0.717, 1.165) is 0 Å². The highest BCUT2D eigenvalue weighted by Gasteiger charge is 2.33. The molecule has 0 aliphatic carbocycles. The summed E-state index contributed by atoms with van der Waals surface area (Å²) in [6.45, 7) is 1.29. The number of halogens is 2. The van der Waals surface area contributed by atoms with Gasteiger partial charge in [0.15, 0.2) is 23.3 Å². The molecule has 2 rings (SSSR count). The molecule has 1 aliphatic heterocycles. The molecule has 1 saturated heterocycles. The minimum atomic E-state index is -0.925. The van der Waals surface area contributed by atoms with Crippen LogP contribution < -0.4 is 15.5 Å². The van der Waals surface area contributed by atoms with Gasteiger partial charge in [0.2, 0.25) is 11.8 Å². The van der Waals surface area contributed by atoms with Crippen LogP contribution in [0.3, 0.4) is 0 Å². The molecule has 6 nitrogen and oxygen atoms in total. The Hall–Kier alpha value is -2.25. The fourth-order valence-electron chi connectivity index (χ4n) is 1.81. The first kappa shape index (κ1) is 13.2. The smallest absolute Gasteiger partial charge is 0.249 e. The molecule has 1 atom stereocenters. The van der Waals surface area contributed by atoms with Crippen molar-refractivity contribution in [1.29, 1.82) is 0 Å². The summed E-state index contributed by atoms with van der Waals surface area (Å²) in [5.41, 5.74) is 0. The van der Waals surface area contributed by atoms with Gasteiger partial charge >= 0.3 is 0 Å². The standard InChI is InChI=1S/C11H12F2N4O2/c1-5-11(19)15-8(18)4-17(5)10-7(13)3-6(12)9(14-2)16-10/h3,5H,4H2,1-2H3,(H,14,16)(H,15,18,19). The van der Waals surface area contributed by atoms with Gasteiger partial charge < -0.3 is 10.2 Å². The third-order valence-corrected chi connectivity index (χ3v) is 2.84. The number of pyridine rings is 1. The van der Waals surface area contributed by atoms with Crippen molar-refractivity contribution >= 4 is 23.5 Å². The first-order valence-electron chi connectivity index (χ1n) is 5.58. The number of hydrogen-bond acceptors (Lipinski definition) is 5. The van der Waals surface area contributed by atoms with Crippen LogP contribution in [-0.4, -0.2) is 36.4 Å². The zero-order chi connectivity index (χ0) is 14.2. The van der Waals surface area contributed by atoms with Gasteiger partial charge in [0.05, 0.1) is 6.54 Å². The van der Waals surface area contributed by atoms with E-state index in [0.29, 0.717) is 6.07 Å². The van der Waals surface area contributed by atoms with Crippen LogP contribution >= 0.6 is 0 Å². The highest BCUT2D eigenvalue weighted by atomic mass is 19.1. The van der Waals surface area contributed by atoms with Gasteiger partial charge in [0.25, 0.3) is 0 Å². The maximum absolute atomic E-state index is 13.8. The summed E-state index contributed by atoms with van der Waals surface area (Å²) >= 11 is 0. The lowest BCUT2D eigenvalue weighted by Gasteiger charge is -2.32. The third-order valence-electron chi connectivity index (χ3n) is 2.84. The molecule has 0 spiro atoms. The average Bonchev–Trinajstić information content (AvgIpc) is 2.34.